The smallest absolute Gasteiger partial charge is 0.210 e. The molecule has 1 aromatic carbocycles. The quantitative estimate of drug-likeness (QED) is 0.457. The Hall–Kier alpha value is -2.41. The van der Waals surface area contributed by atoms with Crippen molar-refractivity contribution in [2.24, 2.45) is 0 Å². The summed E-state index contributed by atoms with van der Waals surface area (Å²) in [5.41, 5.74) is 2.88. The van der Waals surface area contributed by atoms with E-state index in [9.17, 15) is 14.9 Å². The van der Waals surface area contributed by atoms with Gasteiger partial charge in [0.15, 0.2) is 5.78 Å². The first kappa shape index (κ1) is 17.0. The highest BCUT2D eigenvalue weighted by atomic mass is 16.6. The first-order valence-electron chi connectivity index (χ1n) is 7.99. The van der Waals surface area contributed by atoms with Gasteiger partial charge in [0.25, 0.3) is 0 Å². The highest BCUT2D eigenvalue weighted by molar-refractivity contribution is 5.97. The maximum absolute atomic E-state index is 12.3. The molecule has 1 aliphatic carbocycles. The molecule has 0 radical (unpaired) electrons. The van der Waals surface area contributed by atoms with Crippen LogP contribution in [0.4, 0.5) is 0 Å². The van der Waals surface area contributed by atoms with Gasteiger partial charge in [-0.2, -0.15) is 0 Å². The molecule has 0 heterocycles. The summed E-state index contributed by atoms with van der Waals surface area (Å²) in [6.45, 7) is 1.54. The van der Waals surface area contributed by atoms with Gasteiger partial charge in [0.2, 0.25) is 6.04 Å². The number of ketones is 1. The van der Waals surface area contributed by atoms with Crippen molar-refractivity contribution in [1.29, 1.82) is 0 Å². The minimum Gasteiger partial charge on any atom is -0.295 e. The third-order valence-electron chi connectivity index (χ3n) is 4.08. The normalized spacial score (nSPS) is 15.0. The van der Waals surface area contributed by atoms with Gasteiger partial charge in [0.1, 0.15) is 0 Å². The summed E-state index contributed by atoms with van der Waals surface area (Å²) in [4.78, 5) is 22.6. The first-order valence-corrected chi connectivity index (χ1v) is 7.99. The van der Waals surface area contributed by atoms with Crippen LogP contribution in [0.3, 0.4) is 0 Å². The van der Waals surface area contributed by atoms with Crippen LogP contribution in [0.2, 0.25) is 0 Å². The number of benzene rings is 1. The van der Waals surface area contributed by atoms with E-state index in [0.29, 0.717) is 12.8 Å². The molecule has 2 rings (SSSR count). The van der Waals surface area contributed by atoms with Gasteiger partial charge in [-0.05, 0) is 24.8 Å². The number of allylic oxidation sites excluding steroid dienone is 2. The van der Waals surface area contributed by atoms with Crippen molar-refractivity contribution < 1.29 is 9.72 Å². The van der Waals surface area contributed by atoms with E-state index in [1.54, 1.807) is 0 Å². The molecule has 1 aromatic rings. The zero-order valence-corrected chi connectivity index (χ0v) is 13.4. The van der Waals surface area contributed by atoms with Gasteiger partial charge in [0.05, 0.1) is 0 Å². The summed E-state index contributed by atoms with van der Waals surface area (Å²) in [5.74, 6) is 6.32. The van der Waals surface area contributed by atoms with Crippen molar-refractivity contribution >= 4 is 5.78 Å². The van der Waals surface area contributed by atoms with E-state index in [0.717, 1.165) is 36.0 Å². The largest absolute Gasteiger partial charge is 0.295 e. The molecular weight excluding hydrogens is 290 g/mol. The monoisotopic (exact) mass is 311 g/mol. The van der Waals surface area contributed by atoms with E-state index < -0.39 is 6.04 Å². The maximum Gasteiger partial charge on any atom is 0.210 e. The number of rotatable bonds is 6. The Morgan fingerprint density at radius 2 is 2.04 bits per heavy atom. The van der Waals surface area contributed by atoms with Crippen LogP contribution in [-0.2, 0) is 11.2 Å². The van der Waals surface area contributed by atoms with Gasteiger partial charge < -0.3 is 0 Å². The number of carbonyl (C=O) groups is 1. The maximum atomic E-state index is 12.3. The lowest BCUT2D eigenvalue weighted by molar-refractivity contribution is -0.518. The van der Waals surface area contributed by atoms with Gasteiger partial charge in [-0.25, -0.2) is 0 Å². The molecule has 0 saturated carbocycles. The summed E-state index contributed by atoms with van der Waals surface area (Å²) in [7, 11) is 0. The number of hydrogen-bond acceptors (Lipinski definition) is 3. The fourth-order valence-electron chi connectivity index (χ4n) is 2.63. The predicted octanol–water partition coefficient (Wildman–Crippen LogP) is 3.73. The SMILES string of the molecule is CC(CCC(=O)C1=C(C#CCc2ccccc2)CCC1)[N+](=O)[O-]. The molecule has 0 fully saturated rings. The number of nitro groups is 1. The molecule has 1 aliphatic rings. The fraction of sp³-hybridized carbons (Fsp3) is 0.421. The van der Waals surface area contributed by atoms with Crippen LogP contribution >= 0.6 is 0 Å². The van der Waals surface area contributed by atoms with Gasteiger partial charge in [-0.3, -0.25) is 14.9 Å². The van der Waals surface area contributed by atoms with Crippen LogP contribution in [0, 0.1) is 22.0 Å². The molecule has 0 aromatic heterocycles. The predicted molar refractivity (Wildman–Crippen MR) is 89.5 cm³/mol. The fourth-order valence-corrected chi connectivity index (χ4v) is 2.63. The molecule has 0 aliphatic heterocycles. The van der Waals surface area contributed by atoms with Crippen molar-refractivity contribution in [3.8, 4) is 11.8 Å². The highest BCUT2D eigenvalue weighted by Crippen LogP contribution is 2.27. The molecule has 1 unspecified atom stereocenters. The van der Waals surface area contributed by atoms with Crippen LogP contribution in [0.1, 0.15) is 44.6 Å². The van der Waals surface area contributed by atoms with Gasteiger partial charge >= 0.3 is 0 Å². The number of hydrogen-bond donors (Lipinski definition) is 0. The third-order valence-corrected chi connectivity index (χ3v) is 4.08. The molecular formula is C19H21NO3. The summed E-state index contributed by atoms with van der Waals surface area (Å²) in [5, 5.41) is 10.6. The Labute approximate surface area is 136 Å². The summed E-state index contributed by atoms with van der Waals surface area (Å²) < 4.78 is 0. The molecule has 120 valence electrons. The summed E-state index contributed by atoms with van der Waals surface area (Å²) >= 11 is 0. The summed E-state index contributed by atoms with van der Waals surface area (Å²) in [6.07, 6.45) is 3.74. The Balaban J connectivity index is 1.98. The second-order valence-corrected chi connectivity index (χ2v) is 5.87. The Bertz CT molecular complexity index is 665. The van der Waals surface area contributed by atoms with Crippen LogP contribution in [0.15, 0.2) is 41.5 Å². The molecule has 23 heavy (non-hydrogen) atoms. The number of nitrogens with zero attached hydrogens (tertiary/aromatic N) is 1. The zero-order valence-electron chi connectivity index (χ0n) is 13.4. The van der Waals surface area contributed by atoms with E-state index in [1.165, 1.54) is 6.92 Å². The van der Waals surface area contributed by atoms with Gasteiger partial charge in [-0.1, -0.05) is 42.2 Å². The van der Waals surface area contributed by atoms with Gasteiger partial charge in [-0.15, -0.1) is 0 Å². The second kappa shape index (κ2) is 8.28. The van der Waals surface area contributed by atoms with E-state index in [4.69, 9.17) is 0 Å². The van der Waals surface area contributed by atoms with Crippen molar-refractivity contribution in [3.05, 3.63) is 57.2 Å². The Kier molecular flexibility index (Phi) is 6.10. The van der Waals surface area contributed by atoms with E-state index in [2.05, 4.69) is 11.8 Å². The first-order chi connectivity index (χ1) is 11.1. The lowest BCUT2D eigenvalue weighted by Gasteiger charge is -2.04. The van der Waals surface area contributed by atoms with Crippen LogP contribution in [-0.4, -0.2) is 16.7 Å². The van der Waals surface area contributed by atoms with Crippen LogP contribution in [0.5, 0.6) is 0 Å². The van der Waals surface area contributed by atoms with Crippen LogP contribution in [0.25, 0.3) is 0 Å². The lowest BCUT2D eigenvalue weighted by atomic mass is 10.0. The second-order valence-electron chi connectivity index (χ2n) is 5.87. The minimum absolute atomic E-state index is 0.0280. The molecule has 0 amide bonds. The van der Waals surface area contributed by atoms with E-state index in [-0.39, 0.29) is 17.1 Å². The molecule has 0 saturated heterocycles. The van der Waals surface area contributed by atoms with Crippen molar-refractivity contribution in [2.45, 2.75) is 51.5 Å². The van der Waals surface area contributed by atoms with Crippen molar-refractivity contribution in [2.75, 3.05) is 0 Å². The Morgan fingerprint density at radius 3 is 2.74 bits per heavy atom. The Morgan fingerprint density at radius 1 is 1.30 bits per heavy atom. The summed E-state index contributed by atoms with van der Waals surface area (Å²) in [6, 6.07) is 9.33. The standard InChI is InChI=1S/C19H21NO3/c1-15(20(22)23)13-14-19(21)18-12-6-11-17(18)10-5-9-16-7-3-2-4-8-16/h2-4,7-8,15H,6,9,11-14H2,1H3. The molecule has 4 nitrogen and oxygen atoms in total. The highest BCUT2D eigenvalue weighted by Gasteiger charge is 2.22. The van der Waals surface area contributed by atoms with Crippen molar-refractivity contribution in [1.82, 2.24) is 0 Å². The van der Waals surface area contributed by atoms with E-state index >= 15 is 0 Å². The van der Waals surface area contributed by atoms with Crippen LogP contribution < -0.4 is 0 Å². The van der Waals surface area contributed by atoms with E-state index in [1.807, 2.05) is 30.3 Å². The average molecular weight is 311 g/mol. The van der Waals surface area contributed by atoms with Gasteiger partial charge in [0, 0.05) is 42.3 Å². The number of carbonyl (C=O) groups excluding carboxylic acids is 1. The van der Waals surface area contributed by atoms with Crippen molar-refractivity contribution in [3.63, 3.8) is 0 Å². The average Bonchev–Trinajstić information content (AvgIpc) is 3.01. The third kappa shape index (κ3) is 5.07. The molecule has 0 spiro atoms. The zero-order chi connectivity index (χ0) is 16.7. The molecule has 1 atom stereocenters. The minimum atomic E-state index is -0.673. The topological polar surface area (TPSA) is 60.2 Å². The molecule has 0 bridgehead atoms. The lowest BCUT2D eigenvalue weighted by Crippen LogP contribution is -2.17. The number of Topliss-reactive ketones (excluding diaryl/α,β-unsaturated/α-hetero) is 1. The molecule has 0 N–H and O–H groups in total. The molecule has 4 heteroatoms.